The van der Waals surface area contributed by atoms with Gasteiger partial charge in [0, 0.05) is 24.6 Å². The van der Waals surface area contributed by atoms with Crippen LogP contribution in [0.15, 0.2) is 47.3 Å². The van der Waals surface area contributed by atoms with Gasteiger partial charge >= 0.3 is 0 Å². The molecule has 1 unspecified atom stereocenters. The van der Waals surface area contributed by atoms with Crippen LogP contribution in [0.4, 0.5) is 36.6 Å². The van der Waals surface area contributed by atoms with Gasteiger partial charge in [0.1, 0.15) is 40.4 Å². The van der Waals surface area contributed by atoms with Gasteiger partial charge in [0.15, 0.2) is 17.4 Å². The van der Waals surface area contributed by atoms with Crippen LogP contribution in [-0.4, -0.2) is 56.8 Å². The van der Waals surface area contributed by atoms with Crippen molar-refractivity contribution in [2.45, 2.75) is 43.1 Å². The molecule has 6 aromatic rings. The monoisotopic (exact) mass is 852 g/mol. The van der Waals surface area contributed by atoms with Crippen molar-refractivity contribution >= 4 is 55.2 Å². The Labute approximate surface area is 327 Å². The highest BCUT2D eigenvalue weighted by Crippen LogP contribution is 2.68. The van der Waals surface area contributed by atoms with Gasteiger partial charge in [-0.2, -0.15) is 19.0 Å². The number of hydrogen-bond donors (Lipinski definition) is 2. The first-order valence-corrected chi connectivity index (χ1v) is 19.5. The molecule has 8 rings (SSSR count). The minimum Gasteiger partial charge on any atom is -0.491 e. The Morgan fingerprint density at radius 3 is 2.41 bits per heavy atom. The summed E-state index contributed by atoms with van der Waals surface area (Å²) in [7, 11) is -1.56. The van der Waals surface area contributed by atoms with Gasteiger partial charge in [-0.25, -0.2) is 40.0 Å². The number of nitrogens with one attached hydrogen (secondary N) is 1. The van der Waals surface area contributed by atoms with E-state index in [-0.39, 0.29) is 44.8 Å². The largest absolute Gasteiger partial charge is 0.491 e. The number of primary amides is 1. The number of ether oxygens (including phenoxy) is 1. The number of nitrogens with two attached hydrogens (primary N) is 1. The van der Waals surface area contributed by atoms with Crippen LogP contribution >= 0.6 is 11.6 Å². The lowest BCUT2D eigenvalue weighted by molar-refractivity contribution is -0.122. The maximum absolute atomic E-state index is 16.1. The third-order valence-electron chi connectivity index (χ3n) is 10.4. The second-order valence-electron chi connectivity index (χ2n) is 14.1. The van der Waals surface area contributed by atoms with Crippen molar-refractivity contribution in [3.8, 4) is 11.4 Å². The number of aromatic nitrogens is 6. The number of halogens is 8. The normalized spacial score (nSPS) is 18.1. The smallest absolute Gasteiger partial charge is 0.293 e. The van der Waals surface area contributed by atoms with Crippen LogP contribution in [0.3, 0.4) is 0 Å². The van der Waals surface area contributed by atoms with E-state index in [0.717, 1.165) is 46.9 Å². The molecule has 3 heterocycles. The number of carbonyl (C=O) groups is 1. The van der Waals surface area contributed by atoms with Crippen LogP contribution in [-0.2, 0) is 34.2 Å². The lowest BCUT2D eigenvalue weighted by Crippen LogP contribution is -2.39. The summed E-state index contributed by atoms with van der Waals surface area (Å²) < 4.78 is 141. The number of anilines is 1. The number of amides is 1. The molecule has 22 heteroatoms. The Morgan fingerprint density at radius 2 is 1.79 bits per heavy atom. The molecule has 4 atom stereocenters. The predicted molar refractivity (Wildman–Crippen MR) is 195 cm³/mol. The lowest BCUT2D eigenvalue weighted by Gasteiger charge is -2.30. The van der Waals surface area contributed by atoms with Gasteiger partial charge in [0.25, 0.3) is 17.9 Å². The number of fused-ring (bicyclic) bond motifs is 5. The summed E-state index contributed by atoms with van der Waals surface area (Å²) in [5.74, 6) is -14.3. The minimum absolute atomic E-state index is 0.0463. The fourth-order valence-corrected chi connectivity index (χ4v) is 8.85. The van der Waals surface area contributed by atoms with Crippen LogP contribution in [0.25, 0.3) is 27.5 Å². The standard InChI is InChI=1S/C36H28ClF7N8O5S/c1-50-28-22(7-5-20(37)24(28)33(48-50)49-58(3,55)56)51-34(46-25-16(35(51)54)4-6-21(40)29(25)57-2)18(10-13-8-14(38)11-15(39)9-13)27(32(45)53)52-30-23(26(47-52)31(41)42)17-12-19(17)36(30,43)44/h4-9,11,17-19,27,31H,10,12H2,1-3H3,(H2,45,53)(H,48,49)/t17-,18-,19+,27?/m0/s1. The highest BCUT2D eigenvalue weighted by Gasteiger charge is 2.67. The Kier molecular flexibility index (Phi) is 9.06. The summed E-state index contributed by atoms with van der Waals surface area (Å²) in [5, 5.41) is 7.63. The van der Waals surface area contributed by atoms with E-state index in [9.17, 15) is 35.6 Å². The zero-order chi connectivity index (χ0) is 41.9. The molecule has 0 radical (unpaired) electrons. The quantitative estimate of drug-likeness (QED) is 0.147. The van der Waals surface area contributed by atoms with Gasteiger partial charge in [-0.3, -0.25) is 23.6 Å². The van der Waals surface area contributed by atoms with E-state index in [0.29, 0.717) is 10.7 Å². The van der Waals surface area contributed by atoms with Crippen molar-refractivity contribution in [3.63, 3.8) is 0 Å². The molecule has 0 spiro atoms. The van der Waals surface area contributed by atoms with Crippen molar-refractivity contribution in [1.29, 1.82) is 0 Å². The number of benzene rings is 3. The number of alkyl halides is 4. The first-order chi connectivity index (χ1) is 27.2. The number of carbonyl (C=O) groups excluding carboxylic acids is 1. The van der Waals surface area contributed by atoms with Crippen LogP contribution < -0.4 is 20.8 Å². The van der Waals surface area contributed by atoms with Crippen LogP contribution in [0, 0.1) is 23.4 Å². The molecule has 0 aliphatic heterocycles. The zero-order valence-electron chi connectivity index (χ0n) is 30.1. The van der Waals surface area contributed by atoms with E-state index in [1.807, 2.05) is 0 Å². The van der Waals surface area contributed by atoms with Gasteiger partial charge in [-0.05, 0) is 60.7 Å². The second-order valence-corrected chi connectivity index (χ2v) is 16.3. The van der Waals surface area contributed by atoms with E-state index in [2.05, 4.69) is 19.9 Å². The van der Waals surface area contributed by atoms with Gasteiger partial charge in [0.05, 0.1) is 46.3 Å². The Bertz CT molecular complexity index is 2900. The third kappa shape index (κ3) is 6.12. The molecule has 1 fully saturated rings. The summed E-state index contributed by atoms with van der Waals surface area (Å²) in [4.78, 5) is 33.3. The Balaban J connectivity index is 1.52. The van der Waals surface area contributed by atoms with Crippen LogP contribution in [0.1, 0.15) is 59.1 Å². The third-order valence-corrected chi connectivity index (χ3v) is 11.3. The Morgan fingerprint density at radius 1 is 1.10 bits per heavy atom. The van der Waals surface area contributed by atoms with Crippen molar-refractivity contribution in [1.82, 2.24) is 29.1 Å². The average molecular weight is 853 g/mol. The SMILES string of the molecule is COc1c(F)ccc2c(=O)n(-c3ccc(Cl)c4c(NS(C)(=O)=O)nn(C)c34)c([C@@H](Cc3cc(F)cc(F)c3)C(C(N)=O)n3nc(C(F)F)c4c3C(F)(F)[C@@H]3C[C@H]43)nc12. The molecular formula is C36H28ClF7N8O5S. The maximum Gasteiger partial charge on any atom is 0.293 e. The number of rotatable bonds is 11. The second kappa shape index (κ2) is 13.4. The van der Waals surface area contributed by atoms with E-state index in [4.69, 9.17) is 22.1 Å². The molecule has 3 N–H and O–H groups in total. The van der Waals surface area contributed by atoms with E-state index in [1.54, 1.807) is 0 Å². The molecule has 1 amide bonds. The molecule has 3 aromatic carbocycles. The van der Waals surface area contributed by atoms with Gasteiger partial charge in [0.2, 0.25) is 15.9 Å². The summed E-state index contributed by atoms with van der Waals surface area (Å²) in [6, 6.07) is 4.44. The van der Waals surface area contributed by atoms with Gasteiger partial charge in [-0.1, -0.05) is 11.6 Å². The highest BCUT2D eigenvalue weighted by molar-refractivity contribution is 7.92. The number of nitrogens with zero attached hydrogens (tertiary/aromatic N) is 6. The first kappa shape index (κ1) is 39.1. The molecule has 304 valence electrons. The summed E-state index contributed by atoms with van der Waals surface area (Å²) >= 11 is 6.57. The van der Waals surface area contributed by atoms with Gasteiger partial charge in [-0.15, -0.1) is 0 Å². The first-order valence-electron chi connectivity index (χ1n) is 17.2. The summed E-state index contributed by atoms with van der Waals surface area (Å²) in [6.07, 6.45) is -3.43. The van der Waals surface area contributed by atoms with Crippen LogP contribution in [0.2, 0.25) is 5.02 Å². The fraction of sp³-hybridized carbons (Fsp3) is 0.306. The summed E-state index contributed by atoms with van der Waals surface area (Å²) in [5.41, 5.74) is 1.49. The molecule has 1 saturated carbocycles. The number of sulfonamides is 1. The molecule has 2 aliphatic rings. The Hall–Kier alpha value is -5.70. The molecule has 58 heavy (non-hydrogen) atoms. The molecule has 0 saturated heterocycles. The number of hydrogen-bond acceptors (Lipinski definition) is 8. The fourth-order valence-electron chi connectivity index (χ4n) is 8.11. The van der Waals surface area contributed by atoms with Crippen molar-refractivity contribution in [2.24, 2.45) is 18.7 Å². The van der Waals surface area contributed by atoms with Crippen LogP contribution in [0.5, 0.6) is 5.75 Å². The highest BCUT2D eigenvalue weighted by atomic mass is 35.5. The number of aryl methyl sites for hydroxylation is 1. The molecular weight excluding hydrogens is 825 g/mol. The van der Waals surface area contributed by atoms with Crippen molar-refractivity contribution < 1.29 is 48.7 Å². The lowest BCUT2D eigenvalue weighted by atomic mass is 9.89. The number of methoxy groups -OCH3 is 1. The van der Waals surface area contributed by atoms with E-state index in [1.165, 1.54) is 19.2 Å². The molecule has 13 nitrogen and oxygen atoms in total. The minimum atomic E-state index is -3.98. The van der Waals surface area contributed by atoms with Gasteiger partial charge < -0.3 is 10.5 Å². The van der Waals surface area contributed by atoms with Crippen molar-refractivity contribution in [3.05, 3.63) is 104 Å². The molecule has 0 bridgehead atoms. The zero-order valence-corrected chi connectivity index (χ0v) is 31.6. The topological polar surface area (TPSA) is 169 Å². The molecule has 3 aromatic heterocycles. The van der Waals surface area contributed by atoms with Crippen molar-refractivity contribution in [2.75, 3.05) is 18.1 Å². The average Bonchev–Trinajstić information content (AvgIpc) is 3.65. The predicted octanol–water partition coefficient (Wildman–Crippen LogP) is 6.12. The molecule has 2 aliphatic carbocycles. The summed E-state index contributed by atoms with van der Waals surface area (Å²) in [6.45, 7) is 0. The maximum atomic E-state index is 16.1. The van der Waals surface area contributed by atoms with E-state index >= 15 is 13.2 Å². The van der Waals surface area contributed by atoms with E-state index < -0.39 is 116 Å².